The third-order valence-corrected chi connectivity index (χ3v) is 5.45. The summed E-state index contributed by atoms with van der Waals surface area (Å²) in [7, 11) is -1.89. The van der Waals surface area contributed by atoms with Crippen molar-refractivity contribution in [1.82, 2.24) is 4.72 Å². The van der Waals surface area contributed by atoms with Gasteiger partial charge in [0.15, 0.2) is 0 Å². The van der Waals surface area contributed by atoms with Crippen LogP contribution in [0.25, 0.3) is 0 Å². The molecule has 0 bridgehead atoms. The molecule has 0 radical (unpaired) electrons. The van der Waals surface area contributed by atoms with Gasteiger partial charge in [-0.25, -0.2) is 22.1 Å². The number of alkyl halides is 2. The summed E-state index contributed by atoms with van der Waals surface area (Å²) in [5.41, 5.74) is -2.72. The molecule has 0 spiro atoms. The molecule has 0 fully saturated rings. The van der Waals surface area contributed by atoms with Gasteiger partial charge in [-0.05, 0) is 45.9 Å². The second kappa shape index (κ2) is 6.59. The van der Waals surface area contributed by atoms with Gasteiger partial charge in [-0.3, -0.25) is 0 Å². The van der Waals surface area contributed by atoms with E-state index >= 15 is 0 Å². The van der Waals surface area contributed by atoms with Crippen molar-refractivity contribution in [3.8, 4) is 0 Å². The maximum absolute atomic E-state index is 14.3. The smallest absolute Gasteiger partial charge is 0.293 e. The summed E-state index contributed by atoms with van der Waals surface area (Å²) in [4.78, 5) is 0. The summed E-state index contributed by atoms with van der Waals surface area (Å²) in [6.07, 6.45) is 0. The molecule has 1 aromatic rings. The summed E-state index contributed by atoms with van der Waals surface area (Å²) in [5, 5.41) is 9.04. The Kier molecular flexibility index (Phi) is 5.87. The zero-order valence-electron chi connectivity index (χ0n) is 12.7. The van der Waals surface area contributed by atoms with Gasteiger partial charge in [0.25, 0.3) is 5.92 Å². The highest BCUT2D eigenvalue weighted by atomic mass is 79.9. The summed E-state index contributed by atoms with van der Waals surface area (Å²) >= 11 is 3.11. The van der Waals surface area contributed by atoms with Crippen LogP contribution in [0.5, 0.6) is 0 Å². The molecule has 0 aliphatic carbocycles. The molecule has 0 aliphatic heterocycles. The van der Waals surface area contributed by atoms with Crippen LogP contribution in [0.15, 0.2) is 22.7 Å². The minimum atomic E-state index is -3.73. The largest absolute Gasteiger partial charge is 0.390 e. The minimum Gasteiger partial charge on any atom is -0.390 e. The lowest BCUT2D eigenvalue weighted by molar-refractivity contribution is -0.114. The Labute approximate surface area is 139 Å². The van der Waals surface area contributed by atoms with E-state index < -0.39 is 39.6 Å². The molecule has 2 unspecified atom stereocenters. The number of benzene rings is 1. The van der Waals surface area contributed by atoms with Crippen LogP contribution in [0.2, 0.25) is 0 Å². The quantitative estimate of drug-likeness (QED) is 0.793. The summed E-state index contributed by atoms with van der Waals surface area (Å²) in [6.45, 7) is 4.32. The SMILES string of the molecule is CC(C)(C)S(=O)NC(C)(c1cc(Br)ccc1F)C(F)(F)CO. The summed E-state index contributed by atoms with van der Waals surface area (Å²) in [6, 6.07) is 3.59. The molecule has 0 aromatic heterocycles. The van der Waals surface area contributed by atoms with Gasteiger partial charge < -0.3 is 5.11 Å². The second-order valence-corrected chi connectivity index (χ2v) is 8.98. The molecule has 3 nitrogen and oxygen atoms in total. The van der Waals surface area contributed by atoms with E-state index in [2.05, 4.69) is 20.7 Å². The monoisotopic (exact) mass is 401 g/mol. The fourth-order valence-corrected chi connectivity index (χ4v) is 3.00. The lowest BCUT2D eigenvalue weighted by Gasteiger charge is -2.39. The Hall–Kier alpha value is -0.440. The molecule has 2 atom stereocenters. The van der Waals surface area contributed by atoms with Crippen LogP contribution in [0.3, 0.4) is 0 Å². The van der Waals surface area contributed by atoms with E-state index in [9.17, 15) is 17.4 Å². The lowest BCUT2D eigenvalue weighted by Crippen LogP contribution is -2.58. The first kappa shape index (κ1) is 19.6. The van der Waals surface area contributed by atoms with Gasteiger partial charge in [-0.1, -0.05) is 15.9 Å². The Balaban J connectivity index is 3.48. The number of hydrogen-bond acceptors (Lipinski definition) is 2. The van der Waals surface area contributed by atoms with Gasteiger partial charge in [-0.15, -0.1) is 0 Å². The van der Waals surface area contributed by atoms with Crippen molar-refractivity contribution in [2.24, 2.45) is 0 Å². The van der Waals surface area contributed by atoms with Crippen LogP contribution in [0, 0.1) is 5.82 Å². The van der Waals surface area contributed by atoms with E-state index in [1.165, 1.54) is 12.1 Å². The van der Waals surface area contributed by atoms with Gasteiger partial charge in [0.2, 0.25) is 0 Å². The van der Waals surface area contributed by atoms with Crippen molar-refractivity contribution < 1.29 is 22.5 Å². The predicted octanol–water partition coefficient (Wildman–Crippen LogP) is 3.48. The molecule has 1 rings (SSSR count). The van der Waals surface area contributed by atoms with E-state index in [-0.39, 0.29) is 5.56 Å². The highest BCUT2D eigenvalue weighted by Gasteiger charge is 2.54. The molecule has 126 valence electrons. The molecule has 0 heterocycles. The standard InChI is InChI=1S/C14H19BrF3NO2S/c1-12(2,3)22(21)19-13(4,14(17,18)8-20)10-7-9(15)5-6-11(10)16/h5-7,19-20H,8H2,1-4H3. The van der Waals surface area contributed by atoms with Crippen LogP contribution in [-0.2, 0) is 16.5 Å². The maximum atomic E-state index is 14.3. The van der Waals surface area contributed by atoms with Gasteiger partial charge in [0.1, 0.15) is 18.0 Å². The van der Waals surface area contributed by atoms with E-state index in [0.717, 1.165) is 13.0 Å². The molecule has 1 aromatic carbocycles. The highest BCUT2D eigenvalue weighted by molar-refractivity contribution is 9.10. The lowest BCUT2D eigenvalue weighted by atomic mass is 9.86. The average Bonchev–Trinajstić information content (AvgIpc) is 2.39. The molecular formula is C14H19BrF3NO2S. The van der Waals surface area contributed by atoms with Crippen molar-refractivity contribution in [1.29, 1.82) is 0 Å². The first-order chi connectivity index (χ1) is 9.85. The van der Waals surface area contributed by atoms with Crippen LogP contribution in [-0.4, -0.2) is 26.6 Å². The summed E-state index contributed by atoms with van der Waals surface area (Å²) < 4.78 is 56.9. The first-order valence-electron chi connectivity index (χ1n) is 6.49. The minimum absolute atomic E-state index is 0.376. The van der Waals surface area contributed by atoms with Crippen molar-refractivity contribution in [3.05, 3.63) is 34.1 Å². The van der Waals surface area contributed by atoms with Crippen LogP contribution < -0.4 is 4.72 Å². The van der Waals surface area contributed by atoms with Crippen molar-refractivity contribution >= 4 is 26.9 Å². The van der Waals surface area contributed by atoms with Crippen molar-refractivity contribution in [2.75, 3.05) is 6.61 Å². The molecule has 0 aliphatic rings. The highest BCUT2D eigenvalue weighted by Crippen LogP contribution is 2.40. The Morgan fingerprint density at radius 2 is 1.82 bits per heavy atom. The fraction of sp³-hybridized carbons (Fsp3) is 0.571. The zero-order chi connectivity index (χ0) is 17.3. The Morgan fingerprint density at radius 3 is 2.27 bits per heavy atom. The van der Waals surface area contributed by atoms with E-state index in [0.29, 0.717) is 4.47 Å². The normalized spacial score (nSPS) is 17.1. The molecule has 2 N–H and O–H groups in total. The van der Waals surface area contributed by atoms with Crippen LogP contribution in [0.4, 0.5) is 13.2 Å². The fourth-order valence-electron chi connectivity index (χ4n) is 1.70. The Morgan fingerprint density at radius 1 is 1.27 bits per heavy atom. The number of rotatable bonds is 5. The van der Waals surface area contributed by atoms with Gasteiger partial charge in [0.05, 0.1) is 15.7 Å². The van der Waals surface area contributed by atoms with E-state index in [1.807, 2.05) is 0 Å². The predicted molar refractivity (Wildman–Crippen MR) is 84.5 cm³/mol. The van der Waals surface area contributed by atoms with E-state index in [4.69, 9.17) is 5.11 Å². The second-order valence-electron chi connectivity index (χ2n) is 6.09. The van der Waals surface area contributed by atoms with Gasteiger partial charge in [-0.2, -0.15) is 0 Å². The molecular weight excluding hydrogens is 383 g/mol. The Bertz CT molecular complexity index is 578. The third-order valence-electron chi connectivity index (χ3n) is 3.25. The zero-order valence-corrected chi connectivity index (χ0v) is 15.1. The summed E-state index contributed by atoms with van der Waals surface area (Å²) in [5.74, 6) is -4.60. The number of nitrogens with one attached hydrogen (secondary N) is 1. The molecule has 0 saturated heterocycles. The molecule has 0 amide bonds. The number of aliphatic hydroxyl groups is 1. The third kappa shape index (κ3) is 3.90. The van der Waals surface area contributed by atoms with Crippen molar-refractivity contribution in [2.45, 2.75) is 43.9 Å². The van der Waals surface area contributed by atoms with Crippen LogP contribution >= 0.6 is 15.9 Å². The maximum Gasteiger partial charge on any atom is 0.293 e. The van der Waals surface area contributed by atoms with Crippen molar-refractivity contribution in [3.63, 3.8) is 0 Å². The van der Waals surface area contributed by atoms with Gasteiger partial charge >= 0.3 is 0 Å². The molecule has 8 heteroatoms. The molecule has 22 heavy (non-hydrogen) atoms. The topological polar surface area (TPSA) is 49.3 Å². The van der Waals surface area contributed by atoms with Gasteiger partial charge in [0, 0.05) is 10.0 Å². The van der Waals surface area contributed by atoms with E-state index in [1.54, 1.807) is 20.8 Å². The first-order valence-corrected chi connectivity index (χ1v) is 8.43. The number of aliphatic hydroxyl groups excluding tert-OH is 1. The van der Waals surface area contributed by atoms with Crippen LogP contribution in [0.1, 0.15) is 33.3 Å². The number of halogens is 4. The average molecular weight is 402 g/mol. The molecule has 0 saturated carbocycles. The number of hydrogen-bond donors (Lipinski definition) is 2.